The fraction of sp³-hybridized carbons (Fsp3) is 0.200. The molecule has 3 nitrogen and oxygen atoms in total. The van der Waals surface area contributed by atoms with Crippen molar-refractivity contribution in [2.45, 2.75) is 6.92 Å². The molecule has 0 amide bonds. The van der Waals surface area contributed by atoms with Crippen LogP contribution < -0.4 is 0 Å². The van der Waals surface area contributed by atoms with Crippen LogP contribution in [0.2, 0.25) is 0 Å². The fourth-order valence-corrected chi connectivity index (χ4v) is 1.82. The van der Waals surface area contributed by atoms with E-state index in [0.717, 1.165) is 21.4 Å². The van der Waals surface area contributed by atoms with E-state index in [2.05, 4.69) is 26.0 Å². The first kappa shape index (κ1) is 9.40. The van der Waals surface area contributed by atoms with Gasteiger partial charge in [-0.05, 0) is 34.5 Å². The number of hydrogen-bond donors (Lipinski definition) is 0. The second-order valence-electron chi connectivity index (χ2n) is 3.22. The van der Waals surface area contributed by atoms with Gasteiger partial charge >= 0.3 is 0 Å². The molecule has 0 unspecified atom stereocenters. The SMILES string of the molecule is Cc1ccc(-c2nn(C)cc2Br)nc1. The summed E-state index contributed by atoms with van der Waals surface area (Å²) in [5, 5.41) is 4.32. The molecule has 0 bridgehead atoms. The molecular formula is C10H10BrN3. The zero-order valence-electron chi connectivity index (χ0n) is 8.03. The molecule has 0 radical (unpaired) electrons. The molecule has 14 heavy (non-hydrogen) atoms. The van der Waals surface area contributed by atoms with Gasteiger partial charge in [0.25, 0.3) is 0 Å². The Kier molecular flexibility index (Phi) is 2.37. The van der Waals surface area contributed by atoms with Gasteiger partial charge in [0.15, 0.2) is 0 Å². The smallest absolute Gasteiger partial charge is 0.125 e. The van der Waals surface area contributed by atoms with Crippen LogP contribution in [-0.2, 0) is 7.05 Å². The molecule has 0 saturated carbocycles. The number of pyridine rings is 1. The van der Waals surface area contributed by atoms with Crippen molar-refractivity contribution in [2.24, 2.45) is 7.05 Å². The van der Waals surface area contributed by atoms with Crippen molar-refractivity contribution in [3.8, 4) is 11.4 Å². The molecule has 0 aliphatic heterocycles. The van der Waals surface area contributed by atoms with E-state index < -0.39 is 0 Å². The molecule has 0 aromatic carbocycles. The van der Waals surface area contributed by atoms with Crippen molar-refractivity contribution < 1.29 is 0 Å². The van der Waals surface area contributed by atoms with Gasteiger partial charge in [-0.15, -0.1) is 0 Å². The van der Waals surface area contributed by atoms with Crippen LogP contribution in [0.1, 0.15) is 5.56 Å². The first-order valence-corrected chi connectivity index (χ1v) is 5.08. The van der Waals surface area contributed by atoms with Gasteiger partial charge in [-0.3, -0.25) is 9.67 Å². The Morgan fingerprint density at radius 2 is 2.14 bits per heavy atom. The third-order valence-corrected chi connectivity index (χ3v) is 2.52. The molecule has 0 aliphatic carbocycles. The van der Waals surface area contributed by atoms with Crippen molar-refractivity contribution in [3.05, 3.63) is 34.6 Å². The van der Waals surface area contributed by atoms with E-state index in [-0.39, 0.29) is 0 Å². The lowest BCUT2D eigenvalue weighted by atomic mass is 10.2. The number of aryl methyl sites for hydroxylation is 2. The molecule has 0 spiro atoms. The van der Waals surface area contributed by atoms with Crippen molar-refractivity contribution in [3.63, 3.8) is 0 Å². The molecule has 2 heterocycles. The first-order valence-electron chi connectivity index (χ1n) is 4.29. The van der Waals surface area contributed by atoms with E-state index in [1.54, 1.807) is 4.68 Å². The van der Waals surface area contributed by atoms with E-state index in [9.17, 15) is 0 Å². The second-order valence-corrected chi connectivity index (χ2v) is 4.07. The van der Waals surface area contributed by atoms with Crippen LogP contribution in [0.15, 0.2) is 29.0 Å². The fourth-order valence-electron chi connectivity index (χ4n) is 1.24. The van der Waals surface area contributed by atoms with Crippen molar-refractivity contribution >= 4 is 15.9 Å². The second kappa shape index (κ2) is 3.53. The van der Waals surface area contributed by atoms with Crippen LogP contribution in [-0.4, -0.2) is 14.8 Å². The maximum absolute atomic E-state index is 4.32. The normalized spacial score (nSPS) is 10.5. The Bertz CT molecular complexity index is 445. The molecule has 72 valence electrons. The molecule has 2 aromatic heterocycles. The molecule has 0 fully saturated rings. The Hall–Kier alpha value is -1.16. The van der Waals surface area contributed by atoms with E-state index >= 15 is 0 Å². The topological polar surface area (TPSA) is 30.7 Å². The Morgan fingerprint density at radius 1 is 1.36 bits per heavy atom. The first-order chi connectivity index (χ1) is 6.66. The van der Waals surface area contributed by atoms with Crippen molar-refractivity contribution in [1.82, 2.24) is 14.8 Å². The monoisotopic (exact) mass is 251 g/mol. The van der Waals surface area contributed by atoms with Crippen LogP contribution in [0.25, 0.3) is 11.4 Å². The van der Waals surface area contributed by atoms with Crippen molar-refractivity contribution in [2.75, 3.05) is 0 Å². The highest BCUT2D eigenvalue weighted by Gasteiger charge is 2.07. The summed E-state index contributed by atoms with van der Waals surface area (Å²) < 4.78 is 2.73. The van der Waals surface area contributed by atoms with Gasteiger partial charge < -0.3 is 0 Å². The molecule has 2 rings (SSSR count). The largest absolute Gasteiger partial charge is 0.274 e. The highest BCUT2D eigenvalue weighted by atomic mass is 79.9. The van der Waals surface area contributed by atoms with Gasteiger partial charge in [0.2, 0.25) is 0 Å². The van der Waals surface area contributed by atoms with Crippen LogP contribution in [0.4, 0.5) is 0 Å². The highest BCUT2D eigenvalue weighted by Crippen LogP contribution is 2.24. The highest BCUT2D eigenvalue weighted by molar-refractivity contribution is 9.10. The van der Waals surface area contributed by atoms with Crippen LogP contribution in [0.5, 0.6) is 0 Å². The molecular weight excluding hydrogens is 242 g/mol. The van der Waals surface area contributed by atoms with Crippen LogP contribution in [0.3, 0.4) is 0 Å². The lowest BCUT2D eigenvalue weighted by molar-refractivity contribution is 0.769. The lowest BCUT2D eigenvalue weighted by Gasteiger charge is -1.97. The van der Waals surface area contributed by atoms with Crippen LogP contribution in [0, 0.1) is 6.92 Å². The van der Waals surface area contributed by atoms with E-state index in [0.29, 0.717) is 0 Å². The van der Waals surface area contributed by atoms with E-state index in [4.69, 9.17) is 0 Å². The Labute approximate surface area is 90.9 Å². The zero-order valence-corrected chi connectivity index (χ0v) is 9.62. The summed E-state index contributed by atoms with van der Waals surface area (Å²) >= 11 is 3.45. The number of halogens is 1. The summed E-state index contributed by atoms with van der Waals surface area (Å²) in [4.78, 5) is 4.32. The molecule has 2 aromatic rings. The van der Waals surface area contributed by atoms with Gasteiger partial charge in [0, 0.05) is 19.4 Å². The Morgan fingerprint density at radius 3 is 2.64 bits per heavy atom. The molecule has 0 saturated heterocycles. The molecule has 0 atom stereocenters. The molecule has 4 heteroatoms. The third kappa shape index (κ3) is 1.70. The summed E-state index contributed by atoms with van der Waals surface area (Å²) in [6, 6.07) is 4.01. The minimum Gasteiger partial charge on any atom is -0.274 e. The minimum absolute atomic E-state index is 0.882. The quantitative estimate of drug-likeness (QED) is 0.780. The van der Waals surface area contributed by atoms with Gasteiger partial charge in [-0.2, -0.15) is 5.10 Å². The van der Waals surface area contributed by atoms with Gasteiger partial charge in [0.05, 0.1) is 10.2 Å². The van der Waals surface area contributed by atoms with Gasteiger partial charge in [-0.25, -0.2) is 0 Å². The summed E-state index contributed by atoms with van der Waals surface area (Å²) in [6.45, 7) is 2.02. The zero-order chi connectivity index (χ0) is 10.1. The number of nitrogens with zero attached hydrogens (tertiary/aromatic N) is 3. The standard InChI is InChI=1S/C10H10BrN3/c1-7-3-4-9(12-5-7)10-8(11)6-14(2)13-10/h3-6H,1-2H3. The summed E-state index contributed by atoms with van der Waals surface area (Å²) in [5.74, 6) is 0. The third-order valence-electron chi connectivity index (χ3n) is 1.94. The summed E-state index contributed by atoms with van der Waals surface area (Å²) in [6.07, 6.45) is 3.76. The average Bonchev–Trinajstić information content (AvgIpc) is 2.47. The molecule has 0 aliphatic rings. The lowest BCUT2D eigenvalue weighted by Crippen LogP contribution is -1.89. The summed E-state index contributed by atoms with van der Waals surface area (Å²) in [5.41, 5.74) is 2.93. The predicted molar refractivity (Wildman–Crippen MR) is 58.9 cm³/mol. The van der Waals surface area contributed by atoms with Gasteiger partial charge in [0.1, 0.15) is 5.69 Å². The maximum Gasteiger partial charge on any atom is 0.125 e. The minimum atomic E-state index is 0.882. The van der Waals surface area contributed by atoms with E-state index in [1.165, 1.54) is 0 Å². The maximum atomic E-state index is 4.32. The number of aromatic nitrogens is 3. The number of rotatable bonds is 1. The van der Waals surface area contributed by atoms with E-state index in [1.807, 2.05) is 38.5 Å². The molecule has 0 N–H and O–H groups in total. The Balaban J connectivity index is 2.49. The predicted octanol–water partition coefficient (Wildman–Crippen LogP) is 2.55. The number of hydrogen-bond acceptors (Lipinski definition) is 2. The average molecular weight is 252 g/mol. The van der Waals surface area contributed by atoms with Crippen LogP contribution >= 0.6 is 15.9 Å². The summed E-state index contributed by atoms with van der Waals surface area (Å²) in [7, 11) is 1.89. The van der Waals surface area contributed by atoms with Gasteiger partial charge in [-0.1, -0.05) is 6.07 Å². The van der Waals surface area contributed by atoms with Crippen molar-refractivity contribution in [1.29, 1.82) is 0 Å².